The van der Waals surface area contributed by atoms with Crippen molar-refractivity contribution in [3.63, 3.8) is 0 Å². The van der Waals surface area contributed by atoms with E-state index in [-0.39, 0.29) is 23.3 Å². The normalized spacial score (nSPS) is 10.9. The van der Waals surface area contributed by atoms with E-state index in [2.05, 4.69) is 9.98 Å². The number of benzene rings is 1. The summed E-state index contributed by atoms with van der Waals surface area (Å²) >= 11 is 0. The quantitative estimate of drug-likeness (QED) is 0.306. The fourth-order valence-corrected chi connectivity index (χ4v) is 1.28. The third kappa shape index (κ3) is 4.15. The number of guanidine groups is 2. The lowest BCUT2D eigenvalue weighted by molar-refractivity contribution is -0.384. The Morgan fingerprint density at radius 3 is 2.63 bits per heavy atom. The molecule has 1 aromatic carbocycles. The van der Waals surface area contributed by atoms with Gasteiger partial charge in [0.1, 0.15) is 11.4 Å². The number of hydrogen-bond acceptors (Lipinski definition) is 4. The molecule has 0 aliphatic carbocycles. The number of hydrogen-bond donors (Lipinski definition) is 3. The number of nitro groups is 1. The van der Waals surface area contributed by atoms with Crippen molar-refractivity contribution in [1.82, 2.24) is 0 Å². The molecule has 0 bridgehead atoms. The van der Waals surface area contributed by atoms with E-state index in [0.29, 0.717) is 12.4 Å². The van der Waals surface area contributed by atoms with Crippen molar-refractivity contribution < 1.29 is 9.66 Å². The number of ether oxygens (including phenoxy) is 1. The van der Waals surface area contributed by atoms with E-state index in [1.165, 1.54) is 18.2 Å². The number of aliphatic imine (C=N–C) groups is 2. The van der Waals surface area contributed by atoms with Gasteiger partial charge in [-0.3, -0.25) is 10.1 Å². The minimum Gasteiger partial charge on any atom is -0.494 e. The van der Waals surface area contributed by atoms with Crippen LogP contribution in [-0.4, -0.2) is 23.4 Å². The molecule has 0 radical (unpaired) electrons. The lowest BCUT2D eigenvalue weighted by atomic mass is 10.2. The molecule has 0 amide bonds. The fourth-order valence-electron chi connectivity index (χ4n) is 1.28. The Kier molecular flexibility index (Phi) is 4.63. The lowest BCUT2D eigenvalue weighted by Gasteiger charge is -2.04. The second-order valence-electron chi connectivity index (χ2n) is 3.35. The molecule has 0 spiro atoms. The summed E-state index contributed by atoms with van der Waals surface area (Å²) in [6.45, 7) is 2.17. The van der Waals surface area contributed by atoms with Gasteiger partial charge in [-0.2, -0.15) is 4.99 Å². The summed E-state index contributed by atoms with van der Waals surface area (Å²) in [7, 11) is 0. The highest BCUT2D eigenvalue weighted by molar-refractivity contribution is 5.94. The standard InChI is InChI=1S/C10H14N6O3/c1-2-19-6-3-4-7(8(5-6)16(17)18)14-10(13)15-9(11)12/h3-5H,2H2,1H3,(H6,11,12,13,14,15). The molecular weight excluding hydrogens is 252 g/mol. The van der Waals surface area contributed by atoms with Crippen LogP contribution in [0.2, 0.25) is 0 Å². The molecule has 6 N–H and O–H groups in total. The van der Waals surface area contributed by atoms with Crippen LogP contribution in [0.4, 0.5) is 11.4 Å². The Morgan fingerprint density at radius 1 is 1.42 bits per heavy atom. The van der Waals surface area contributed by atoms with Gasteiger partial charge in [0.2, 0.25) is 5.96 Å². The van der Waals surface area contributed by atoms with Crippen LogP contribution < -0.4 is 21.9 Å². The summed E-state index contributed by atoms with van der Waals surface area (Å²) in [5, 5.41) is 10.9. The maximum atomic E-state index is 10.9. The van der Waals surface area contributed by atoms with Gasteiger partial charge in [0.15, 0.2) is 5.96 Å². The molecule has 0 aliphatic rings. The summed E-state index contributed by atoms with van der Waals surface area (Å²) in [4.78, 5) is 17.6. The van der Waals surface area contributed by atoms with Crippen LogP contribution in [0.5, 0.6) is 5.75 Å². The van der Waals surface area contributed by atoms with Gasteiger partial charge < -0.3 is 21.9 Å². The monoisotopic (exact) mass is 266 g/mol. The molecular formula is C10H14N6O3. The van der Waals surface area contributed by atoms with Gasteiger partial charge in [-0.05, 0) is 19.1 Å². The zero-order valence-corrected chi connectivity index (χ0v) is 10.2. The summed E-state index contributed by atoms with van der Waals surface area (Å²) in [6, 6.07) is 4.20. The second-order valence-corrected chi connectivity index (χ2v) is 3.35. The van der Waals surface area contributed by atoms with E-state index in [9.17, 15) is 10.1 Å². The van der Waals surface area contributed by atoms with Gasteiger partial charge in [0, 0.05) is 0 Å². The summed E-state index contributed by atoms with van der Waals surface area (Å²) in [6.07, 6.45) is 0. The largest absolute Gasteiger partial charge is 0.494 e. The highest BCUT2D eigenvalue weighted by Gasteiger charge is 2.15. The Bertz CT molecular complexity index is 536. The maximum Gasteiger partial charge on any atom is 0.298 e. The van der Waals surface area contributed by atoms with E-state index in [1.807, 2.05) is 0 Å². The van der Waals surface area contributed by atoms with Gasteiger partial charge in [0.05, 0.1) is 17.6 Å². The maximum absolute atomic E-state index is 10.9. The number of nitro benzene ring substituents is 1. The van der Waals surface area contributed by atoms with Crippen molar-refractivity contribution in [2.24, 2.45) is 27.2 Å². The first-order chi connectivity index (χ1) is 8.93. The van der Waals surface area contributed by atoms with Crippen LogP contribution in [0.1, 0.15) is 6.92 Å². The van der Waals surface area contributed by atoms with Gasteiger partial charge in [-0.25, -0.2) is 4.99 Å². The zero-order chi connectivity index (χ0) is 14.4. The lowest BCUT2D eigenvalue weighted by Crippen LogP contribution is -2.26. The Hall–Kier alpha value is -2.84. The van der Waals surface area contributed by atoms with E-state index >= 15 is 0 Å². The van der Waals surface area contributed by atoms with Crippen LogP contribution in [0.25, 0.3) is 0 Å². The van der Waals surface area contributed by atoms with Crippen LogP contribution in [-0.2, 0) is 0 Å². The molecule has 0 atom stereocenters. The first kappa shape index (κ1) is 14.2. The molecule has 0 heterocycles. The number of nitrogens with two attached hydrogens (primary N) is 3. The SMILES string of the molecule is CCOc1ccc(N=C(N)N=C(N)N)c([N+](=O)[O-])c1. The van der Waals surface area contributed by atoms with Crippen LogP contribution >= 0.6 is 0 Å². The smallest absolute Gasteiger partial charge is 0.298 e. The van der Waals surface area contributed by atoms with Gasteiger partial charge in [0.25, 0.3) is 5.69 Å². The first-order valence-corrected chi connectivity index (χ1v) is 5.29. The van der Waals surface area contributed by atoms with E-state index in [0.717, 1.165) is 0 Å². The van der Waals surface area contributed by atoms with Gasteiger partial charge >= 0.3 is 0 Å². The summed E-state index contributed by atoms with van der Waals surface area (Å²) < 4.78 is 5.17. The van der Waals surface area contributed by atoms with E-state index < -0.39 is 4.92 Å². The molecule has 1 aromatic rings. The molecule has 0 fully saturated rings. The van der Waals surface area contributed by atoms with Crippen molar-refractivity contribution in [3.8, 4) is 5.75 Å². The molecule has 0 unspecified atom stereocenters. The molecule has 0 aliphatic heterocycles. The molecule has 19 heavy (non-hydrogen) atoms. The van der Waals surface area contributed by atoms with E-state index in [4.69, 9.17) is 21.9 Å². The molecule has 9 heteroatoms. The molecule has 102 valence electrons. The average molecular weight is 266 g/mol. The predicted molar refractivity (Wildman–Crippen MR) is 71.4 cm³/mol. The van der Waals surface area contributed by atoms with E-state index in [1.54, 1.807) is 6.92 Å². The van der Waals surface area contributed by atoms with Crippen LogP contribution in [0.15, 0.2) is 28.2 Å². The van der Waals surface area contributed by atoms with Gasteiger partial charge in [-0.1, -0.05) is 0 Å². The van der Waals surface area contributed by atoms with Crippen molar-refractivity contribution >= 4 is 23.3 Å². The zero-order valence-electron chi connectivity index (χ0n) is 10.2. The molecule has 0 saturated carbocycles. The highest BCUT2D eigenvalue weighted by atomic mass is 16.6. The second kappa shape index (κ2) is 6.19. The Morgan fingerprint density at radius 2 is 2.11 bits per heavy atom. The molecule has 9 nitrogen and oxygen atoms in total. The fraction of sp³-hybridized carbons (Fsp3) is 0.200. The molecule has 0 saturated heterocycles. The van der Waals surface area contributed by atoms with Crippen molar-refractivity contribution in [2.45, 2.75) is 6.92 Å². The highest BCUT2D eigenvalue weighted by Crippen LogP contribution is 2.31. The van der Waals surface area contributed by atoms with Crippen LogP contribution in [0.3, 0.4) is 0 Å². The average Bonchev–Trinajstić information content (AvgIpc) is 2.30. The Labute approximate surface area is 108 Å². The minimum absolute atomic E-state index is 0.0379. The third-order valence-corrected chi connectivity index (χ3v) is 1.93. The minimum atomic E-state index is -0.593. The van der Waals surface area contributed by atoms with Crippen molar-refractivity contribution in [1.29, 1.82) is 0 Å². The van der Waals surface area contributed by atoms with Crippen LogP contribution in [0, 0.1) is 10.1 Å². The number of nitrogens with zero attached hydrogens (tertiary/aromatic N) is 3. The number of rotatable bonds is 4. The summed E-state index contributed by atoms with van der Waals surface area (Å²) in [5.74, 6) is -0.185. The molecule has 0 aromatic heterocycles. The van der Waals surface area contributed by atoms with Crippen molar-refractivity contribution in [3.05, 3.63) is 28.3 Å². The van der Waals surface area contributed by atoms with Crippen molar-refractivity contribution in [2.75, 3.05) is 6.61 Å². The predicted octanol–water partition coefficient (Wildman–Crippen LogP) is 0.213. The molecule has 1 rings (SSSR count). The van der Waals surface area contributed by atoms with Gasteiger partial charge in [-0.15, -0.1) is 0 Å². The topological polar surface area (TPSA) is 155 Å². The summed E-state index contributed by atoms with van der Waals surface area (Å²) in [5.41, 5.74) is 15.5. The Balaban J connectivity index is 3.20. The third-order valence-electron chi connectivity index (χ3n) is 1.93. The first-order valence-electron chi connectivity index (χ1n) is 5.29.